The summed E-state index contributed by atoms with van der Waals surface area (Å²) in [6.45, 7) is 7.04. The number of hydrogen-bond donors (Lipinski definition) is 2. The van der Waals surface area contributed by atoms with Crippen molar-refractivity contribution in [2.45, 2.75) is 45.3 Å². The number of piperidine rings is 1. The van der Waals surface area contributed by atoms with Crippen molar-refractivity contribution in [2.75, 3.05) is 13.1 Å². The minimum atomic E-state index is -0.483. The number of nitrogens with two attached hydrogens (primary N) is 1. The van der Waals surface area contributed by atoms with Crippen LogP contribution in [0.5, 0.6) is 0 Å². The van der Waals surface area contributed by atoms with Gasteiger partial charge < -0.3 is 20.5 Å². The van der Waals surface area contributed by atoms with Gasteiger partial charge in [0, 0.05) is 19.1 Å². The van der Waals surface area contributed by atoms with Crippen LogP contribution in [0.15, 0.2) is 24.3 Å². The van der Waals surface area contributed by atoms with E-state index in [-0.39, 0.29) is 29.3 Å². The van der Waals surface area contributed by atoms with Crippen molar-refractivity contribution in [1.29, 1.82) is 0 Å². The first kappa shape index (κ1) is 17.0. The van der Waals surface area contributed by atoms with E-state index in [9.17, 15) is 9.59 Å². The molecule has 3 atom stereocenters. The number of carbonyl (C=O) groups is 2. The average Bonchev–Trinajstić information content (AvgIpc) is 3.04. The van der Waals surface area contributed by atoms with Crippen LogP contribution in [0, 0.1) is 5.41 Å². The van der Waals surface area contributed by atoms with E-state index in [0.29, 0.717) is 18.9 Å². The van der Waals surface area contributed by atoms with Crippen molar-refractivity contribution in [3.8, 4) is 0 Å². The van der Waals surface area contributed by atoms with Gasteiger partial charge in [-0.25, -0.2) is 4.98 Å². The zero-order valence-electron chi connectivity index (χ0n) is 15.4. The Labute approximate surface area is 152 Å². The van der Waals surface area contributed by atoms with Crippen LogP contribution in [0.4, 0.5) is 0 Å². The minimum absolute atomic E-state index is 0.00169. The van der Waals surface area contributed by atoms with Crippen LogP contribution in [0.2, 0.25) is 0 Å². The molecular formula is C19H25N5O2. The van der Waals surface area contributed by atoms with Crippen molar-refractivity contribution in [2.24, 2.45) is 11.1 Å². The van der Waals surface area contributed by atoms with Crippen LogP contribution in [0.1, 0.15) is 37.8 Å². The fourth-order valence-electron chi connectivity index (χ4n) is 4.20. The third-order valence-corrected chi connectivity index (χ3v) is 5.85. The lowest BCUT2D eigenvalue weighted by molar-refractivity contribution is -0.148. The summed E-state index contributed by atoms with van der Waals surface area (Å²) in [4.78, 5) is 37.0. The molecular weight excluding hydrogens is 330 g/mol. The van der Waals surface area contributed by atoms with Gasteiger partial charge in [-0.15, -0.1) is 0 Å². The minimum Gasteiger partial charge on any atom is -0.334 e. The van der Waals surface area contributed by atoms with Crippen molar-refractivity contribution < 1.29 is 9.59 Å². The van der Waals surface area contributed by atoms with Gasteiger partial charge in [0.25, 0.3) is 5.91 Å². The number of aromatic amines is 1. The van der Waals surface area contributed by atoms with Crippen LogP contribution < -0.4 is 5.73 Å². The summed E-state index contributed by atoms with van der Waals surface area (Å²) in [5.41, 5.74) is 7.51. The van der Waals surface area contributed by atoms with Gasteiger partial charge in [0.1, 0.15) is 0 Å². The summed E-state index contributed by atoms with van der Waals surface area (Å²) in [5, 5.41) is 0. The van der Waals surface area contributed by atoms with E-state index in [2.05, 4.69) is 9.97 Å². The maximum Gasteiger partial charge on any atom is 0.290 e. The number of amides is 2. The lowest BCUT2D eigenvalue weighted by Gasteiger charge is -2.52. The van der Waals surface area contributed by atoms with Crippen LogP contribution in [-0.4, -0.2) is 62.8 Å². The molecule has 2 amide bonds. The average molecular weight is 355 g/mol. The smallest absolute Gasteiger partial charge is 0.290 e. The van der Waals surface area contributed by atoms with E-state index in [1.807, 2.05) is 54.8 Å². The van der Waals surface area contributed by atoms with Crippen molar-refractivity contribution in [3.05, 3.63) is 30.1 Å². The largest absolute Gasteiger partial charge is 0.334 e. The van der Waals surface area contributed by atoms with Gasteiger partial charge in [-0.3, -0.25) is 9.59 Å². The molecule has 2 aromatic rings. The van der Waals surface area contributed by atoms with Crippen molar-refractivity contribution in [1.82, 2.24) is 19.8 Å². The fraction of sp³-hybridized carbons (Fsp3) is 0.526. The lowest BCUT2D eigenvalue weighted by Crippen LogP contribution is -2.68. The fourth-order valence-corrected chi connectivity index (χ4v) is 4.20. The molecule has 2 fully saturated rings. The van der Waals surface area contributed by atoms with Gasteiger partial charge in [0.15, 0.2) is 5.82 Å². The molecule has 138 valence electrons. The van der Waals surface area contributed by atoms with Gasteiger partial charge in [0.2, 0.25) is 5.91 Å². The Morgan fingerprint density at radius 3 is 2.77 bits per heavy atom. The number of hydrogen-bond acceptors (Lipinski definition) is 4. The number of piperazine rings is 1. The van der Waals surface area contributed by atoms with E-state index in [1.54, 1.807) is 0 Å². The number of fused-ring (bicyclic) bond motifs is 2. The second kappa shape index (κ2) is 5.81. The van der Waals surface area contributed by atoms with Crippen molar-refractivity contribution >= 4 is 22.8 Å². The predicted octanol–water partition coefficient (Wildman–Crippen LogP) is 1.36. The highest BCUT2D eigenvalue weighted by Gasteiger charge is 2.48. The number of nitrogens with zero attached hydrogens (tertiary/aromatic N) is 3. The number of H-pyrrole nitrogens is 1. The molecule has 2 saturated heterocycles. The van der Waals surface area contributed by atoms with Gasteiger partial charge in [0.05, 0.1) is 23.1 Å². The molecule has 0 bridgehead atoms. The van der Waals surface area contributed by atoms with E-state index in [4.69, 9.17) is 5.73 Å². The molecule has 2 aliphatic heterocycles. The number of nitrogens with one attached hydrogen (secondary N) is 1. The summed E-state index contributed by atoms with van der Waals surface area (Å²) in [6.07, 6.45) is 0.788. The Morgan fingerprint density at radius 2 is 2.04 bits per heavy atom. The van der Waals surface area contributed by atoms with Crippen LogP contribution in [0.25, 0.3) is 11.0 Å². The number of benzene rings is 1. The summed E-state index contributed by atoms with van der Waals surface area (Å²) in [5.74, 6) is 0.229. The number of imidazole rings is 1. The Morgan fingerprint density at radius 1 is 1.31 bits per heavy atom. The monoisotopic (exact) mass is 355 g/mol. The SMILES string of the molecule is C[C@@H]1CN2C(=O)[C@@H](N)C(C)(C)C[C@@H]2CN1C(=O)c1nc2ccccc2[nH]1. The molecule has 4 rings (SSSR count). The van der Waals surface area contributed by atoms with E-state index < -0.39 is 6.04 Å². The van der Waals surface area contributed by atoms with Crippen LogP contribution in [-0.2, 0) is 4.79 Å². The quantitative estimate of drug-likeness (QED) is 0.807. The maximum absolute atomic E-state index is 13.1. The first-order valence-corrected chi connectivity index (χ1v) is 9.10. The molecule has 0 radical (unpaired) electrons. The van der Waals surface area contributed by atoms with Crippen molar-refractivity contribution in [3.63, 3.8) is 0 Å². The van der Waals surface area contributed by atoms with E-state index >= 15 is 0 Å². The molecule has 3 heterocycles. The third kappa shape index (κ3) is 2.58. The summed E-state index contributed by atoms with van der Waals surface area (Å²) < 4.78 is 0. The number of carbonyl (C=O) groups excluding carboxylic acids is 2. The predicted molar refractivity (Wildman–Crippen MR) is 98.5 cm³/mol. The lowest BCUT2D eigenvalue weighted by atomic mass is 9.74. The van der Waals surface area contributed by atoms with Gasteiger partial charge >= 0.3 is 0 Å². The molecule has 0 spiro atoms. The highest BCUT2D eigenvalue weighted by molar-refractivity contribution is 5.94. The summed E-state index contributed by atoms with van der Waals surface area (Å²) in [6, 6.07) is 7.04. The number of para-hydroxylation sites is 2. The molecule has 0 saturated carbocycles. The second-order valence-corrected chi connectivity index (χ2v) is 8.22. The Hall–Kier alpha value is -2.41. The highest BCUT2D eigenvalue weighted by atomic mass is 16.2. The third-order valence-electron chi connectivity index (χ3n) is 5.85. The van der Waals surface area contributed by atoms with E-state index in [0.717, 1.165) is 17.5 Å². The van der Waals surface area contributed by atoms with Gasteiger partial charge in [-0.2, -0.15) is 0 Å². The van der Waals surface area contributed by atoms with Gasteiger partial charge in [-0.05, 0) is 30.9 Å². The maximum atomic E-state index is 13.1. The Bertz CT molecular complexity index is 841. The summed E-state index contributed by atoms with van der Waals surface area (Å²) >= 11 is 0. The zero-order chi connectivity index (χ0) is 18.6. The first-order valence-electron chi connectivity index (χ1n) is 9.10. The Kier molecular flexibility index (Phi) is 3.80. The second-order valence-electron chi connectivity index (χ2n) is 8.22. The first-order chi connectivity index (χ1) is 12.3. The normalized spacial score (nSPS) is 28.3. The molecule has 1 aromatic heterocycles. The van der Waals surface area contributed by atoms with Crippen LogP contribution in [0.3, 0.4) is 0 Å². The zero-order valence-corrected chi connectivity index (χ0v) is 15.4. The summed E-state index contributed by atoms with van der Waals surface area (Å²) in [7, 11) is 0. The Balaban J connectivity index is 1.60. The van der Waals surface area contributed by atoms with Crippen LogP contribution >= 0.6 is 0 Å². The molecule has 26 heavy (non-hydrogen) atoms. The van der Waals surface area contributed by atoms with Gasteiger partial charge in [-0.1, -0.05) is 26.0 Å². The molecule has 3 N–H and O–H groups in total. The number of aromatic nitrogens is 2. The molecule has 0 unspecified atom stereocenters. The molecule has 1 aromatic carbocycles. The van der Waals surface area contributed by atoms with E-state index in [1.165, 1.54) is 0 Å². The molecule has 7 heteroatoms. The topological polar surface area (TPSA) is 95.3 Å². The standard InChI is InChI=1S/C19H25N5O2/c1-11-9-24-12(8-19(2,3)15(20)17(24)25)10-23(11)18(26)16-21-13-6-4-5-7-14(13)22-16/h4-7,11-12,15H,8-10,20H2,1-3H3,(H,21,22)/t11-,12-,15-/m1/s1. The molecule has 7 nitrogen and oxygen atoms in total. The molecule has 0 aliphatic carbocycles. The highest BCUT2D eigenvalue weighted by Crippen LogP contribution is 2.36. The number of rotatable bonds is 1. The molecule has 2 aliphatic rings.